The highest BCUT2D eigenvalue weighted by Gasteiger charge is 2.36. The highest BCUT2D eigenvalue weighted by atomic mass is 16.6. The molecule has 208 valence electrons. The molecule has 0 heterocycles. The summed E-state index contributed by atoms with van der Waals surface area (Å²) in [6, 6.07) is 10.2. The number of para-hydroxylation sites is 2. The molecule has 0 saturated heterocycles. The molecule has 2 aromatic rings. The predicted octanol–water partition coefficient (Wildman–Crippen LogP) is 6.01. The van der Waals surface area contributed by atoms with E-state index >= 15 is 0 Å². The van der Waals surface area contributed by atoms with Crippen molar-refractivity contribution in [3.8, 4) is 5.75 Å². The number of nitrogens with one attached hydrogen (secondary N) is 2. The number of carbonyl (C=O) groups is 3. The Balaban J connectivity index is 2.48. The zero-order valence-corrected chi connectivity index (χ0v) is 23.8. The number of phenolic OH excluding ortho intramolecular Hbond substituents is 1. The van der Waals surface area contributed by atoms with Crippen molar-refractivity contribution in [1.29, 1.82) is 0 Å². The maximum Gasteiger partial charge on any atom is 0.408 e. The highest BCUT2D eigenvalue weighted by molar-refractivity contribution is 6.00. The molecule has 3 amide bonds. The van der Waals surface area contributed by atoms with Gasteiger partial charge in [-0.25, -0.2) is 4.79 Å². The number of ether oxygens (including phenoxy) is 1. The van der Waals surface area contributed by atoms with Gasteiger partial charge in [0.05, 0.1) is 0 Å². The summed E-state index contributed by atoms with van der Waals surface area (Å²) in [6.07, 6.45) is 2.83. The van der Waals surface area contributed by atoms with E-state index in [0.29, 0.717) is 17.7 Å². The first kappa shape index (κ1) is 30.7. The van der Waals surface area contributed by atoms with Gasteiger partial charge in [0.25, 0.3) is 5.91 Å². The van der Waals surface area contributed by atoms with E-state index in [1.165, 1.54) is 11.0 Å². The summed E-state index contributed by atoms with van der Waals surface area (Å²) in [5, 5.41) is 16.3. The van der Waals surface area contributed by atoms with E-state index < -0.39 is 35.6 Å². The number of phenols is 1. The monoisotopic (exact) mass is 525 g/mol. The molecule has 0 aliphatic heterocycles. The molecule has 0 saturated carbocycles. The van der Waals surface area contributed by atoms with Crippen LogP contribution in [0, 0.1) is 13.8 Å². The Morgan fingerprint density at radius 2 is 1.61 bits per heavy atom. The van der Waals surface area contributed by atoms with Crippen LogP contribution >= 0.6 is 0 Å². The lowest BCUT2D eigenvalue weighted by atomic mass is 10.00. The SMILES string of the molecule is CCCCCCN(C(=O)C(C)NC(=O)OC(C)(C)C)C(C(=O)Nc1c(C)cccc1C)c1ccccc1O. The number of amides is 3. The highest BCUT2D eigenvalue weighted by Crippen LogP contribution is 2.32. The third kappa shape index (κ3) is 8.78. The van der Waals surface area contributed by atoms with Crippen molar-refractivity contribution in [2.24, 2.45) is 0 Å². The van der Waals surface area contributed by atoms with Crippen LogP contribution in [0.1, 0.15) is 83.0 Å². The van der Waals surface area contributed by atoms with E-state index in [1.54, 1.807) is 45.9 Å². The fourth-order valence-electron chi connectivity index (χ4n) is 4.24. The van der Waals surface area contributed by atoms with Gasteiger partial charge in [-0.15, -0.1) is 0 Å². The summed E-state index contributed by atoms with van der Waals surface area (Å²) in [4.78, 5) is 41.6. The van der Waals surface area contributed by atoms with Gasteiger partial charge in [0, 0.05) is 17.8 Å². The fourth-order valence-corrected chi connectivity index (χ4v) is 4.24. The first-order valence-electron chi connectivity index (χ1n) is 13.3. The number of aryl methyl sites for hydroxylation is 2. The van der Waals surface area contributed by atoms with Gasteiger partial charge in [-0.3, -0.25) is 9.59 Å². The lowest BCUT2D eigenvalue weighted by Gasteiger charge is -2.34. The number of anilines is 1. The number of rotatable bonds is 11. The quantitative estimate of drug-likeness (QED) is 0.311. The van der Waals surface area contributed by atoms with Crippen LogP contribution in [0.5, 0.6) is 5.75 Å². The molecule has 2 atom stereocenters. The van der Waals surface area contributed by atoms with Crippen molar-refractivity contribution in [2.75, 3.05) is 11.9 Å². The number of alkyl carbamates (subject to hydrolysis) is 1. The number of hydrogen-bond donors (Lipinski definition) is 3. The number of carbonyl (C=O) groups excluding carboxylic acids is 3. The van der Waals surface area contributed by atoms with Gasteiger partial charge in [0.2, 0.25) is 5.91 Å². The van der Waals surface area contributed by atoms with Crippen molar-refractivity contribution >= 4 is 23.6 Å². The molecule has 0 aromatic heterocycles. The maximum absolute atomic E-state index is 13.9. The van der Waals surface area contributed by atoms with Crippen LogP contribution in [-0.4, -0.2) is 46.1 Å². The fraction of sp³-hybridized carbons (Fsp3) is 0.500. The smallest absolute Gasteiger partial charge is 0.408 e. The Bertz CT molecular complexity index is 1090. The predicted molar refractivity (Wildman–Crippen MR) is 150 cm³/mol. The van der Waals surface area contributed by atoms with Crippen molar-refractivity contribution < 1.29 is 24.2 Å². The van der Waals surface area contributed by atoms with E-state index in [-0.39, 0.29) is 12.3 Å². The van der Waals surface area contributed by atoms with Gasteiger partial charge >= 0.3 is 6.09 Å². The molecule has 3 N–H and O–H groups in total. The molecule has 2 rings (SSSR count). The third-order valence-electron chi connectivity index (χ3n) is 6.16. The Morgan fingerprint density at radius 1 is 0.974 bits per heavy atom. The molecule has 2 aromatic carbocycles. The second-order valence-corrected chi connectivity index (χ2v) is 10.7. The number of hydrogen-bond acceptors (Lipinski definition) is 5. The van der Waals surface area contributed by atoms with E-state index in [4.69, 9.17) is 4.74 Å². The first-order valence-corrected chi connectivity index (χ1v) is 13.3. The van der Waals surface area contributed by atoms with Gasteiger partial charge in [0.15, 0.2) is 0 Å². The summed E-state index contributed by atoms with van der Waals surface area (Å²) in [7, 11) is 0. The van der Waals surface area contributed by atoms with Gasteiger partial charge in [0.1, 0.15) is 23.4 Å². The lowest BCUT2D eigenvalue weighted by molar-refractivity contribution is -0.140. The molecule has 2 unspecified atom stereocenters. The molecule has 0 spiro atoms. The Kier molecular flexibility index (Phi) is 11.2. The minimum atomic E-state index is -1.12. The van der Waals surface area contributed by atoms with Gasteiger partial charge in [-0.2, -0.15) is 0 Å². The van der Waals surface area contributed by atoms with Gasteiger partial charge in [-0.05, 0) is 65.2 Å². The van der Waals surface area contributed by atoms with Crippen molar-refractivity contribution in [2.45, 2.75) is 91.8 Å². The summed E-state index contributed by atoms with van der Waals surface area (Å²) >= 11 is 0. The van der Waals surface area contributed by atoms with Crippen molar-refractivity contribution in [1.82, 2.24) is 10.2 Å². The second kappa shape index (κ2) is 13.8. The van der Waals surface area contributed by atoms with E-state index in [0.717, 1.165) is 30.4 Å². The van der Waals surface area contributed by atoms with Crippen LogP contribution < -0.4 is 10.6 Å². The number of unbranched alkanes of at least 4 members (excludes halogenated alkanes) is 3. The molecule has 0 bridgehead atoms. The molecule has 38 heavy (non-hydrogen) atoms. The van der Waals surface area contributed by atoms with E-state index in [2.05, 4.69) is 17.6 Å². The minimum absolute atomic E-state index is 0.0896. The lowest BCUT2D eigenvalue weighted by Crippen LogP contribution is -2.51. The number of aromatic hydroxyl groups is 1. The Morgan fingerprint density at radius 3 is 2.18 bits per heavy atom. The van der Waals surface area contributed by atoms with Gasteiger partial charge in [-0.1, -0.05) is 62.6 Å². The van der Waals surface area contributed by atoms with Crippen LogP contribution in [0.3, 0.4) is 0 Å². The normalized spacial score (nSPS) is 12.8. The average molecular weight is 526 g/mol. The van der Waals surface area contributed by atoms with Crippen LogP contribution in [0.2, 0.25) is 0 Å². The molecule has 8 nitrogen and oxygen atoms in total. The van der Waals surface area contributed by atoms with Crippen LogP contribution in [0.4, 0.5) is 10.5 Å². The minimum Gasteiger partial charge on any atom is -0.508 e. The zero-order chi connectivity index (χ0) is 28.5. The second-order valence-electron chi connectivity index (χ2n) is 10.7. The zero-order valence-electron chi connectivity index (χ0n) is 23.8. The van der Waals surface area contributed by atoms with Crippen molar-refractivity contribution in [3.05, 3.63) is 59.2 Å². The molecule has 0 radical (unpaired) electrons. The summed E-state index contributed by atoms with van der Waals surface area (Å²) in [5.74, 6) is -0.984. The topological polar surface area (TPSA) is 108 Å². The third-order valence-corrected chi connectivity index (χ3v) is 6.16. The molecular weight excluding hydrogens is 482 g/mol. The summed E-state index contributed by atoms with van der Waals surface area (Å²) in [5.41, 5.74) is 2.02. The van der Waals surface area contributed by atoms with E-state index in [9.17, 15) is 19.5 Å². The molecule has 0 fully saturated rings. The van der Waals surface area contributed by atoms with Crippen LogP contribution in [0.25, 0.3) is 0 Å². The standard InChI is InChI=1S/C30H43N3O5/c1-8-9-10-13-19-33(28(36)22(4)31-29(37)38-30(5,6)7)26(23-17-11-12-18-24(23)34)27(35)32-25-20(2)15-14-16-21(25)3/h11-12,14-18,22,26,34H,8-10,13,19H2,1-7H3,(H,31,37)(H,32,35). The summed E-state index contributed by atoms with van der Waals surface area (Å²) < 4.78 is 5.33. The Hall–Kier alpha value is -3.55. The molecule has 0 aliphatic rings. The van der Waals surface area contributed by atoms with Gasteiger partial charge < -0.3 is 25.4 Å². The molecule has 0 aliphatic carbocycles. The van der Waals surface area contributed by atoms with Crippen LogP contribution in [-0.2, 0) is 14.3 Å². The summed E-state index contributed by atoms with van der Waals surface area (Å²) in [6.45, 7) is 13.0. The van der Waals surface area contributed by atoms with E-state index in [1.807, 2.05) is 32.0 Å². The average Bonchev–Trinajstić information content (AvgIpc) is 2.82. The molecule has 8 heteroatoms. The first-order chi connectivity index (χ1) is 17.9. The Labute approximate surface area is 226 Å². The largest absolute Gasteiger partial charge is 0.508 e. The van der Waals surface area contributed by atoms with Crippen LogP contribution in [0.15, 0.2) is 42.5 Å². The van der Waals surface area contributed by atoms with Crippen molar-refractivity contribution in [3.63, 3.8) is 0 Å². The number of nitrogens with zero attached hydrogens (tertiary/aromatic N) is 1. The molecular formula is C30H43N3O5. The number of benzene rings is 2. The maximum atomic E-state index is 13.9.